The van der Waals surface area contributed by atoms with Crippen molar-refractivity contribution in [1.29, 1.82) is 0 Å². The number of aromatic nitrogens is 2. The highest BCUT2D eigenvalue weighted by atomic mass is 35.5. The number of hydrogen-bond acceptors (Lipinski definition) is 4. The number of rotatable bonds is 5. The van der Waals surface area contributed by atoms with Gasteiger partial charge < -0.3 is 0 Å². The molecule has 0 atom stereocenters. The van der Waals surface area contributed by atoms with Crippen LogP contribution in [0.1, 0.15) is 17.3 Å². The smallest absolute Gasteiger partial charge is 0.262 e. The van der Waals surface area contributed by atoms with Gasteiger partial charge in [0.15, 0.2) is 10.9 Å². The number of halogens is 1. The van der Waals surface area contributed by atoms with Crippen molar-refractivity contribution in [3.8, 4) is 0 Å². The molecule has 122 valence electrons. The average Bonchev–Trinajstić information content (AvgIpc) is 2.60. The molecule has 0 aliphatic rings. The molecule has 1 heterocycles. The Morgan fingerprint density at radius 3 is 2.62 bits per heavy atom. The summed E-state index contributed by atoms with van der Waals surface area (Å²) in [4.78, 5) is 29.5. The van der Waals surface area contributed by atoms with E-state index in [9.17, 15) is 9.59 Å². The Bertz CT molecular complexity index is 969. The molecule has 0 radical (unpaired) electrons. The van der Waals surface area contributed by atoms with E-state index in [0.29, 0.717) is 33.2 Å². The average molecular weight is 359 g/mol. The van der Waals surface area contributed by atoms with E-state index in [1.165, 1.54) is 11.8 Å². The lowest BCUT2D eigenvalue weighted by atomic mass is 10.1. The summed E-state index contributed by atoms with van der Waals surface area (Å²) in [7, 11) is 0. The number of carbonyl (C=O) groups is 1. The van der Waals surface area contributed by atoms with Gasteiger partial charge in [0.1, 0.15) is 0 Å². The molecule has 3 rings (SSSR count). The van der Waals surface area contributed by atoms with Crippen molar-refractivity contribution in [1.82, 2.24) is 9.55 Å². The molecule has 0 saturated heterocycles. The summed E-state index contributed by atoms with van der Waals surface area (Å²) >= 11 is 7.32. The van der Waals surface area contributed by atoms with E-state index in [2.05, 4.69) is 4.98 Å². The van der Waals surface area contributed by atoms with Crippen LogP contribution in [-0.4, -0.2) is 21.1 Å². The van der Waals surface area contributed by atoms with Crippen LogP contribution in [0.5, 0.6) is 0 Å². The lowest BCUT2D eigenvalue weighted by Crippen LogP contribution is -2.22. The van der Waals surface area contributed by atoms with Crippen molar-refractivity contribution in [3.05, 3.63) is 69.5 Å². The van der Waals surface area contributed by atoms with Crippen LogP contribution < -0.4 is 5.56 Å². The maximum absolute atomic E-state index is 12.6. The van der Waals surface area contributed by atoms with Crippen LogP contribution in [0.15, 0.2) is 58.5 Å². The van der Waals surface area contributed by atoms with E-state index in [4.69, 9.17) is 11.6 Å². The zero-order chi connectivity index (χ0) is 17.1. The van der Waals surface area contributed by atoms with E-state index in [1.54, 1.807) is 41.0 Å². The van der Waals surface area contributed by atoms with Crippen molar-refractivity contribution < 1.29 is 4.79 Å². The molecule has 1 aromatic heterocycles. The van der Waals surface area contributed by atoms with Crippen molar-refractivity contribution in [2.75, 3.05) is 5.75 Å². The Morgan fingerprint density at radius 2 is 1.88 bits per heavy atom. The number of Topliss-reactive ketones (excluding diaryl/α,β-unsaturated/α-hetero) is 1. The van der Waals surface area contributed by atoms with E-state index >= 15 is 0 Å². The highest BCUT2D eigenvalue weighted by molar-refractivity contribution is 7.99. The lowest BCUT2D eigenvalue weighted by Gasteiger charge is -2.11. The van der Waals surface area contributed by atoms with Gasteiger partial charge in [0, 0.05) is 12.1 Å². The molecule has 3 aromatic rings. The van der Waals surface area contributed by atoms with E-state index in [1.807, 2.05) is 19.1 Å². The molecule has 0 N–H and O–H groups in total. The number of thioether (sulfide) groups is 1. The Balaban J connectivity index is 1.91. The molecule has 0 spiro atoms. The summed E-state index contributed by atoms with van der Waals surface area (Å²) in [6.45, 7) is 2.39. The molecule has 2 aromatic carbocycles. The van der Waals surface area contributed by atoms with E-state index in [0.717, 1.165) is 0 Å². The summed E-state index contributed by atoms with van der Waals surface area (Å²) in [5.41, 5.74) is 1.04. The van der Waals surface area contributed by atoms with E-state index in [-0.39, 0.29) is 17.1 Å². The van der Waals surface area contributed by atoms with Gasteiger partial charge in [-0.25, -0.2) is 4.98 Å². The first-order chi connectivity index (χ1) is 11.6. The maximum atomic E-state index is 12.6. The quantitative estimate of drug-likeness (QED) is 0.392. The van der Waals surface area contributed by atoms with Crippen molar-refractivity contribution >= 4 is 40.0 Å². The van der Waals surface area contributed by atoms with Gasteiger partial charge in [-0.15, -0.1) is 0 Å². The fraction of sp³-hybridized carbons (Fsp3) is 0.167. The van der Waals surface area contributed by atoms with Gasteiger partial charge in [-0.3, -0.25) is 14.2 Å². The Kier molecular flexibility index (Phi) is 5.02. The SMILES string of the molecule is CCn1c(SCC(=O)c2ccccc2Cl)nc2ccccc2c1=O. The second-order valence-corrected chi connectivity index (χ2v) is 6.50. The van der Waals surface area contributed by atoms with E-state index < -0.39 is 0 Å². The monoisotopic (exact) mass is 358 g/mol. The first-order valence-corrected chi connectivity index (χ1v) is 8.88. The minimum atomic E-state index is -0.0874. The van der Waals surface area contributed by atoms with Gasteiger partial charge in [-0.2, -0.15) is 0 Å². The largest absolute Gasteiger partial charge is 0.293 e. The molecule has 6 heteroatoms. The summed E-state index contributed by atoms with van der Waals surface area (Å²) in [6, 6.07) is 14.2. The zero-order valence-corrected chi connectivity index (χ0v) is 14.6. The third-order valence-corrected chi connectivity index (χ3v) is 4.96. The molecular formula is C18H15ClN2O2S. The number of carbonyl (C=O) groups excluding carboxylic acids is 1. The molecule has 4 nitrogen and oxygen atoms in total. The van der Waals surface area contributed by atoms with Gasteiger partial charge in [-0.05, 0) is 31.2 Å². The van der Waals surface area contributed by atoms with Crippen molar-refractivity contribution in [3.63, 3.8) is 0 Å². The fourth-order valence-electron chi connectivity index (χ4n) is 2.43. The van der Waals surface area contributed by atoms with Crippen molar-refractivity contribution in [2.24, 2.45) is 0 Å². The third kappa shape index (κ3) is 3.23. The van der Waals surface area contributed by atoms with Gasteiger partial charge >= 0.3 is 0 Å². The first kappa shape index (κ1) is 16.7. The van der Waals surface area contributed by atoms with Crippen LogP contribution in [0.3, 0.4) is 0 Å². The Labute approximate surface area is 148 Å². The van der Waals surface area contributed by atoms with Crippen LogP contribution in [-0.2, 0) is 6.54 Å². The Hall–Kier alpha value is -2.11. The molecule has 0 amide bonds. The third-order valence-electron chi connectivity index (χ3n) is 3.65. The second-order valence-electron chi connectivity index (χ2n) is 5.15. The van der Waals surface area contributed by atoms with Gasteiger partial charge in [0.2, 0.25) is 0 Å². The lowest BCUT2D eigenvalue weighted by molar-refractivity contribution is 0.102. The van der Waals surface area contributed by atoms with Crippen molar-refractivity contribution in [2.45, 2.75) is 18.6 Å². The number of benzene rings is 2. The maximum Gasteiger partial charge on any atom is 0.262 e. The van der Waals surface area contributed by atoms with Crippen LogP contribution in [0.25, 0.3) is 10.9 Å². The van der Waals surface area contributed by atoms with Crippen LogP contribution in [0.2, 0.25) is 5.02 Å². The number of para-hydroxylation sites is 1. The number of nitrogens with zero attached hydrogens (tertiary/aromatic N) is 2. The molecular weight excluding hydrogens is 344 g/mol. The summed E-state index contributed by atoms with van der Waals surface area (Å²) in [5, 5.41) is 1.56. The summed E-state index contributed by atoms with van der Waals surface area (Å²) in [6.07, 6.45) is 0. The molecule has 24 heavy (non-hydrogen) atoms. The molecule has 0 aliphatic heterocycles. The van der Waals surface area contributed by atoms with Crippen LogP contribution in [0.4, 0.5) is 0 Å². The van der Waals surface area contributed by atoms with Gasteiger partial charge in [-0.1, -0.05) is 47.6 Å². The second kappa shape index (κ2) is 7.20. The number of hydrogen-bond donors (Lipinski definition) is 0. The van der Waals surface area contributed by atoms with Crippen LogP contribution >= 0.6 is 23.4 Å². The predicted octanol–water partition coefficient (Wildman–Crippen LogP) is 4.04. The van der Waals surface area contributed by atoms with Crippen LogP contribution in [0, 0.1) is 0 Å². The summed E-state index contributed by atoms with van der Waals surface area (Å²) in [5.74, 6) is 0.0878. The molecule has 0 aliphatic carbocycles. The number of ketones is 1. The Morgan fingerprint density at radius 1 is 1.17 bits per heavy atom. The first-order valence-electron chi connectivity index (χ1n) is 7.52. The molecule has 0 unspecified atom stereocenters. The normalized spacial score (nSPS) is 10.9. The molecule has 0 fully saturated rings. The van der Waals surface area contributed by atoms with Gasteiger partial charge in [0.25, 0.3) is 5.56 Å². The fourth-order valence-corrected chi connectivity index (χ4v) is 3.62. The summed E-state index contributed by atoms with van der Waals surface area (Å²) < 4.78 is 1.59. The predicted molar refractivity (Wildman–Crippen MR) is 98.2 cm³/mol. The number of fused-ring (bicyclic) bond motifs is 1. The minimum absolute atomic E-state index is 0.0872. The topological polar surface area (TPSA) is 52.0 Å². The highest BCUT2D eigenvalue weighted by Gasteiger charge is 2.14. The van der Waals surface area contributed by atoms with Gasteiger partial charge in [0.05, 0.1) is 21.7 Å². The standard InChI is InChI=1S/C18H15ClN2O2S/c1-2-21-17(23)13-8-4-6-10-15(13)20-18(21)24-11-16(22)12-7-3-5-9-14(12)19/h3-10H,2,11H2,1H3. The molecule has 0 saturated carbocycles. The highest BCUT2D eigenvalue weighted by Crippen LogP contribution is 2.22. The molecule has 0 bridgehead atoms. The minimum Gasteiger partial charge on any atom is -0.293 e. The zero-order valence-electron chi connectivity index (χ0n) is 13.0.